The molecule has 0 aliphatic rings. The Morgan fingerprint density at radius 1 is 1.41 bits per heavy atom. The Morgan fingerprint density at radius 3 is 2.76 bits per heavy atom. The largest absolute Gasteiger partial charge is 0.298 e. The van der Waals surface area contributed by atoms with Gasteiger partial charge in [-0.15, -0.1) is 0 Å². The maximum atomic E-state index is 13.6. The number of nitrogens with zero attached hydrogens (tertiary/aromatic N) is 2. The minimum atomic E-state index is -1.01. The first-order valence-corrected chi connectivity index (χ1v) is 5.47. The summed E-state index contributed by atoms with van der Waals surface area (Å²) in [6.07, 6.45) is 0.552. The van der Waals surface area contributed by atoms with E-state index in [1.54, 1.807) is 7.05 Å². The summed E-state index contributed by atoms with van der Waals surface area (Å²) in [5.74, 6) is -1.98. The molecule has 6 heteroatoms. The van der Waals surface area contributed by atoms with Crippen LogP contribution in [0.2, 0.25) is 0 Å². The van der Waals surface area contributed by atoms with Crippen molar-refractivity contribution < 1.29 is 13.6 Å². The van der Waals surface area contributed by atoms with Gasteiger partial charge >= 0.3 is 0 Å². The molecule has 0 saturated heterocycles. The normalized spacial score (nSPS) is 10.6. The minimum Gasteiger partial charge on any atom is -0.298 e. The molecule has 88 valence electrons. The minimum absolute atomic E-state index is 0.0339. The summed E-state index contributed by atoms with van der Waals surface area (Å²) in [6, 6.07) is 3.75. The van der Waals surface area contributed by atoms with Gasteiger partial charge in [0.2, 0.25) is 0 Å². The fourth-order valence-corrected chi connectivity index (χ4v) is 1.87. The van der Waals surface area contributed by atoms with Crippen LogP contribution in [-0.4, -0.2) is 16.1 Å². The number of carbonyl (C=O) groups excluding carboxylic acids is 1. The van der Waals surface area contributed by atoms with E-state index in [0.29, 0.717) is 10.9 Å². The van der Waals surface area contributed by atoms with Crippen LogP contribution >= 0.6 is 15.9 Å². The van der Waals surface area contributed by atoms with Gasteiger partial charge in [-0.2, -0.15) is 5.10 Å². The predicted molar refractivity (Wildman–Crippen MR) is 61.6 cm³/mol. The SMILES string of the molecule is Cn1nc(-c2cccc(F)c2F)c(C=O)c1Br. The molecule has 1 aromatic heterocycles. The van der Waals surface area contributed by atoms with Crippen molar-refractivity contribution in [1.82, 2.24) is 9.78 Å². The molecule has 0 atom stereocenters. The van der Waals surface area contributed by atoms with Gasteiger partial charge < -0.3 is 0 Å². The van der Waals surface area contributed by atoms with Gasteiger partial charge in [0.25, 0.3) is 0 Å². The van der Waals surface area contributed by atoms with Gasteiger partial charge in [-0.05, 0) is 28.1 Å². The van der Waals surface area contributed by atoms with Gasteiger partial charge in [-0.25, -0.2) is 8.78 Å². The van der Waals surface area contributed by atoms with Crippen LogP contribution in [0.3, 0.4) is 0 Å². The van der Waals surface area contributed by atoms with Crippen LogP contribution in [0.1, 0.15) is 10.4 Å². The van der Waals surface area contributed by atoms with E-state index in [0.717, 1.165) is 6.07 Å². The highest BCUT2D eigenvalue weighted by Gasteiger charge is 2.19. The predicted octanol–water partition coefficient (Wildman–Crippen LogP) is 2.94. The summed E-state index contributed by atoms with van der Waals surface area (Å²) in [7, 11) is 1.60. The summed E-state index contributed by atoms with van der Waals surface area (Å²) in [5, 5.41) is 3.99. The fourth-order valence-electron chi connectivity index (χ4n) is 1.51. The highest BCUT2D eigenvalue weighted by molar-refractivity contribution is 9.10. The first-order valence-electron chi connectivity index (χ1n) is 4.68. The van der Waals surface area contributed by atoms with Crippen molar-refractivity contribution >= 4 is 22.2 Å². The Hall–Kier alpha value is -1.56. The highest BCUT2D eigenvalue weighted by Crippen LogP contribution is 2.29. The number of aromatic nitrogens is 2. The molecule has 0 aliphatic heterocycles. The maximum Gasteiger partial charge on any atom is 0.168 e. The number of benzene rings is 1. The van der Waals surface area contributed by atoms with Gasteiger partial charge in [0, 0.05) is 12.6 Å². The lowest BCUT2D eigenvalue weighted by Gasteiger charge is -2.00. The van der Waals surface area contributed by atoms with Crippen molar-refractivity contribution in [2.45, 2.75) is 0 Å². The second-order valence-electron chi connectivity index (χ2n) is 3.40. The summed E-state index contributed by atoms with van der Waals surface area (Å²) in [5.41, 5.74) is 0.275. The Kier molecular flexibility index (Phi) is 3.06. The smallest absolute Gasteiger partial charge is 0.168 e. The Morgan fingerprint density at radius 2 is 2.12 bits per heavy atom. The monoisotopic (exact) mass is 300 g/mol. The molecule has 2 aromatic rings. The molecule has 2 rings (SSSR count). The van der Waals surface area contributed by atoms with Crippen molar-refractivity contribution in [1.29, 1.82) is 0 Å². The van der Waals surface area contributed by atoms with Gasteiger partial charge in [-0.3, -0.25) is 9.48 Å². The maximum absolute atomic E-state index is 13.6. The van der Waals surface area contributed by atoms with Crippen LogP contribution in [0.25, 0.3) is 11.3 Å². The van der Waals surface area contributed by atoms with Crippen LogP contribution in [0.4, 0.5) is 8.78 Å². The van der Waals surface area contributed by atoms with Crippen LogP contribution in [0.5, 0.6) is 0 Å². The number of rotatable bonds is 2. The molecule has 0 spiro atoms. The average Bonchev–Trinajstić information content (AvgIpc) is 2.59. The first-order chi connectivity index (χ1) is 8.06. The van der Waals surface area contributed by atoms with Crippen LogP contribution < -0.4 is 0 Å². The number of halogens is 3. The van der Waals surface area contributed by atoms with E-state index in [9.17, 15) is 13.6 Å². The van der Waals surface area contributed by atoms with E-state index in [1.807, 2.05) is 0 Å². The number of carbonyl (C=O) groups is 1. The quantitative estimate of drug-likeness (QED) is 0.799. The molecule has 0 aliphatic carbocycles. The van der Waals surface area contributed by atoms with E-state index in [2.05, 4.69) is 21.0 Å². The fraction of sp³-hybridized carbons (Fsp3) is 0.0909. The van der Waals surface area contributed by atoms with E-state index in [1.165, 1.54) is 16.8 Å². The third-order valence-electron chi connectivity index (χ3n) is 2.34. The van der Waals surface area contributed by atoms with Gasteiger partial charge in [0.05, 0.1) is 5.56 Å². The van der Waals surface area contributed by atoms with Gasteiger partial charge in [-0.1, -0.05) is 6.07 Å². The molecular weight excluding hydrogens is 294 g/mol. The molecule has 0 saturated carbocycles. The molecule has 0 unspecified atom stereocenters. The van der Waals surface area contributed by atoms with Crippen LogP contribution in [-0.2, 0) is 7.05 Å². The number of hydrogen-bond acceptors (Lipinski definition) is 2. The van der Waals surface area contributed by atoms with Crippen molar-refractivity contribution in [2.75, 3.05) is 0 Å². The van der Waals surface area contributed by atoms with Crippen molar-refractivity contribution in [2.24, 2.45) is 7.05 Å². The summed E-state index contributed by atoms with van der Waals surface area (Å²) in [4.78, 5) is 10.9. The molecule has 1 aromatic carbocycles. The zero-order valence-corrected chi connectivity index (χ0v) is 10.3. The first kappa shape index (κ1) is 11.9. The summed E-state index contributed by atoms with van der Waals surface area (Å²) >= 11 is 3.15. The van der Waals surface area contributed by atoms with E-state index < -0.39 is 11.6 Å². The summed E-state index contributed by atoms with van der Waals surface area (Å²) in [6.45, 7) is 0. The second-order valence-corrected chi connectivity index (χ2v) is 4.15. The zero-order chi connectivity index (χ0) is 12.6. The molecule has 0 amide bonds. The lowest BCUT2D eigenvalue weighted by molar-refractivity contribution is 0.112. The van der Waals surface area contributed by atoms with Crippen molar-refractivity contribution in [3.63, 3.8) is 0 Å². The third-order valence-corrected chi connectivity index (χ3v) is 3.28. The van der Waals surface area contributed by atoms with Crippen molar-refractivity contribution in [3.05, 3.63) is 40.0 Å². The van der Waals surface area contributed by atoms with Gasteiger partial charge in [0.15, 0.2) is 17.9 Å². The second kappa shape index (κ2) is 4.37. The number of hydrogen-bond donors (Lipinski definition) is 0. The molecule has 17 heavy (non-hydrogen) atoms. The Balaban J connectivity index is 2.73. The number of aryl methyl sites for hydroxylation is 1. The molecule has 0 radical (unpaired) electrons. The van der Waals surface area contributed by atoms with Crippen LogP contribution in [0.15, 0.2) is 22.8 Å². The Bertz CT molecular complexity index is 595. The zero-order valence-electron chi connectivity index (χ0n) is 8.75. The average molecular weight is 301 g/mol. The molecule has 0 N–H and O–H groups in total. The number of aldehydes is 1. The van der Waals surface area contributed by atoms with E-state index in [-0.39, 0.29) is 16.8 Å². The standard InChI is InChI=1S/C11H7BrF2N2O/c1-16-11(12)7(5-17)10(15-16)6-3-2-4-8(13)9(6)14/h2-5H,1H3. The molecule has 3 nitrogen and oxygen atoms in total. The molecule has 0 bridgehead atoms. The van der Waals surface area contributed by atoms with Gasteiger partial charge in [0.1, 0.15) is 10.3 Å². The van der Waals surface area contributed by atoms with Crippen molar-refractivity contribution in [3.8, 4) is 11.3 Å². The summed E-state index contributed by atoms with van der Waals surface area (Å²) < 4.78 is 28.5. The lowest BCUT2D eigenvalue weighted by atomic mass is 10.1. The topological polar surface area (TPSA) is 34.9 Å². The molecule has 0 fully saturated rings. The van der Waals surface area contributed by atoms with E-state index >= 15 is 0 Å². The molecular formula is C11H7BrF2N2O. The lowest BCUT2D eigenvalue weighted by Crippen LogP contribution is -1.93. The Labute approximate surface area is 104 Å². The molecule has 1 heterocycles. The highest BCUT2D eigenvalue weighted by atomic mass is 79.9. The third kappa shape index (κ3) is 1.88. The van der Waals surface area contributed by atoms with E-state index in [4.69, 9.17) is 0 Å². The van der Waals surface area contributed by atoms with Crippen LogP contribution in [0, 0.1) is 11.6 Å².